The van der Waals surface area contributed by atoms with Crippen LogP contribution in [0.25, 0.3) is 5.69 Å². The van der Waals surface area contributed by atoms with Gasteiger partial charge in [0.05, 0.1) is 18.6 Å². The molecule has 3 heterocycles. The molecule has 1 amide bonds. The molecule has 3 aromatic rings. The maximum atomic E-state index is 13.2. The average molecular weight is 490 g/mol. The Morgan fingerprint density at radius 1 is 1.03 bits per heavy atom. The second-order valence-corrected chi connectivity index (χ2v) is 9.92. The highest BCUT2D eigenvalue weighted by Crippen LogP contribution is 3.03. The molecule has 0 saturated carbocycles. The van der Waals surface area contributed by atoms with E-state index in [1.807, 2.05) is 0 Å². The van der Waals surface area contributed by atoms with E-state index in [1.165, 1.54) is 27.9 Å². The van der Waals surface area contributed by atoms with Crippen LogP contribution < -0.4 is 10.3 Å². The van der Waals surface area contributed by atoms with E-state index in [0.29, 0.717) is 11.4 Å². The summed E-state index contributed by atoms with van der Waals surface area (Å²) in [5.74, 6) is -1.52. The molecule has 0 saturated heterocycles. The number of benzene rings is 1. The Labute approximate surface area is 184 Å². The zero-order valence-electron chi connectivity index (χ0n) is 17.3. The predicted octanol–water partition coefficient (Wildman–Crippen LogP) is 4.53. The van der Waals surface area contributed by atoms with Gasteiger partial charge in [-0.2, -0.15) is 0 Å². The van der Waals surface area contributed by atoms with Crippen molar-refractivity contribution in [2.75, 3.05) is 19.7 Å². The van der Waals surface area contributed by atoms with Gasteiger partial charge in [-0.3, -0.25) is 9.59 Å². The molecule has 33 heavy (non-hydrogen) atoms. The van der Waals surface area contributed by atoms with Gasteiger partial charge in [-0.15, -0.1) is 0 Å². The van der Waals surface area contributed by atoms with Crippen LogP contribution in [0.5, 0.6) is 5.75 Å². The Hall–Kier alpha value is -3.35. The van der Waals surface area contributed by atoms with Crippen LogP contribution in [-0.4, -0.2) is 44.6 Å². The fourth-order valence-corrected chi connectivity index (χ4v) is 4.42. The summed E-state index contributed by atoms with van der Waals surface area (Å²) in [6.45, 7) is 1.44. The fraction of sp³-hybridized carbons (Fsp3) is 0.250. The summed E-state index contributed by atoms with van der Waals surface area (Å²) in [6, 6.07) is 6.03. The molecule has 1 aliphatic rings. The summed E-state index contributed by atoms with van der Waals surface area (Å²) in [6.07, 6.45) is 3.15. The number of nitrogens with zero attached hydrogens (tertiary/aromatic N) is 4. The van der Waals surface area contributed by atoms with E-state index in [2.05, 4.69) is 4.98 Å². The molecular formula is C20H19F5N4O3S. The van der Waals surface area contributed by atoms with Crippen LogP contribution in [0.4, 0.5) is 19.4 Å². The molecule has 0 fully saturated rings. The van der Waals surface area contributed by atoms with Crippen molar-refractivity contribution < 1.29 is 29.0 Å². The first-order valence-corrected chi connectivity index (χ1v) is 11.7. The molecule has 1 aliphatic heterocycles. The molecule has 0 radical (unpaired) electrons. The van der Waals surface area contributed by atoms with Crippen molar-refractivity contribution in [2.24, 2.45) is 0 Å². The number of amides is 1. The van der Waals surface area contributed by atoms with E-state index in [9.17, 15) is 29.0 Å². The van der Waals surface area contributed by atoms with E-state index < -0.39 is 33.4 Å². The molecule has 0 bridgehead atoms. The number of aryl methyl sites for hydroxylation is 1. The Balaban J connectivity index is 1.49. The number of halogens is 5. The van der Waals surface area contributed by atoms with Gasteiger partial charge in [-0.25, -0.2) is 4.98 Å². The van der Waals surface area contributed by atoms with E-state index in [4.69, 9.17) is 4.74 Å². The summed E-state index contributed by atoms with van der Waals surface area (Å²) in [7, 11) is -9.93. The number of hydrogen-bond acceptors (Lipinski definition) is 4. The van der Waals surface area contributed by atoms with Crippen molar-refractivity contribution in [3.05, 3.63) is 70.7 Å². The largest absolute Gasteiger partial charge is 0.490 e. The Morgan fingerprint density at radius 3 is 2.42 bits per heavy atom. The van der Waals surface area contributed by atoms with Crippen molar-refractivity contribution in [3.63, 3.8) is 0 Å². The lowest BCUT2D eigenvalue weighted by Crippen LogP contribution is -2.46. The summed E-state index contributed by atoms with van der Waals surface area (Å²) in [5.41, 5.74) is 0.751. The molecule has 4 rings (SSSR count). The number of imidazole rings is 1. The van der Waals surface area contributed by atoms with Gasteiger partial charge >= 0.3 is 10.2 Å². The van der Waals surface area contributed by atoms with Crippen LogP contribution >= 0.6 is 10.2 Å². The van der Waals surface area contributed by atoms with Crippen molar-refractivity contribution in [2.45, 2.75) is 18.4 Å². The molecule has 0 N–H and O–H groups in total. The second-order valence-electron chi connectivity index (χ2n) is 7.54. The summed E-state index contributed by atoms with van der Waals surface area (Å²) in [4.78, 5) is 28.9. The molecule has 1 aromatic carbocycles. The van der Waals surface area contributed by atoms with Crippen molar-refractivity contribution in [3.8, 4) is 11.4 Å². The molecule has 0 unspecified atom stereocenters. The summed E-state index contributed by atoms with van der Waals surface area (Å²) >= 11 is 0. The third kappa shape index (κ3) is 4.58. The molecule has 178 valence electrons. The second kappa shape index (κ2) is 7.07. The topological polar surface area (TPSA) is 69.4 Å². The van der Waals surface area contributed by atoms with Crippen LogP contribution in [0, 0.1) is 6.92 Å². The number of carbonyl (C=O) groups is 1. The number of ether oxygens (including phenoxy) is 1. The highest BCUT2D eigenvalue weighted by atomic mass is 32.5. The smallest absolute Gasteiger partial charge is 0.313 e. The molecule has 0 atom stereocenters. The zero-order chi connectivity index (χ0) is 24.1. The first kappa shape index (κ1) is 22.8. The van der Waals surface area contributed by atoms with Gasteiger partial charge < -0.3 is 18.8 Å². The minimum absolute atomic E-state index is 0.102. The lowest BCUT2D eigenvalue weighted by atomic mass is 10.2. The van der Waals surface area contributed by atoms with E-state index in [0.717, 1.165) is 18.2 Å². The minimum atomic E-state index is -9.93. The van der Waals surface area contributed by atoms with Crippen molar-refractivity contribution in [1.29, 1.82) is 0 Å². The SMILES string of the molecule is Cc1cn(-c2ccc3n(c2=O)CCN(CCOc2ccccc2S(F)(F)(F)(F)F)C3=O)cn1. The van der Waals surface area contributed by atoms with Gasteiger partial charge in [-0.05, 0) is 31.2 Å². The van der Waals surface area contributed by atoms with Gasteiger partial charge in [0, 0.05) is 19.3 Å². The zero-order valence-corrected chi connectivity index (χ0v) is 18.1. The standard InChI is InChI=1S/C20H19F5N4O3S/c1-14-12-28(13-26-14)15-6-7-16-19(30)27(8-9-29(16)20(15)31)10-11-32-17-4-2-3-5-18(17)33(21,22,23,24)25/h2-7,12-13H,8-11H2,1H3. The van der Waals surface area contributed by atoms with Crippen LogP contribution in [0.2, 0.25) is 0 Å². The quantitative estimate of drug-likeness (QED) is 0.476. The van der Waals surface area contributed by atoms with Gasteiger partial charge in [0.25, 0.3) is 11.5 Å². The number of pyridine rings is 1. The normalized spacial score (nSPS) is 16.2. The first-order valence-electron chi connectivity index (χ1n) is 9.74. The van der Waals surface area contributed by atoms with Crippen molar-refractivity contribution in [1.82, 2.24) is 19.0 Å². The molecule has 7 nitrogen and oxygen atoms in total. The Morgan fingerprint density at radius 2 is 1.76 bits per heavy atom. The third-order valence-electron chi connectivity index (χ3n) is 5.13. The number of aromatic nitrogens is 3. The lowest BCUT2D eigenvalue weighted by Gasteiger charge is -2.41. The highest BCUT2D eigenvalue weighted by molar-refractivity contribution is 8.45. The molecule has 13 heteroatoms. The monoisotopic (exact) mass is 490 g/mol. The summed E-state index contributed by atoms with van der Waals surface area (Å²) in [5, 5.41) is 0. The number of carbonyl (C=O) groups excluding carboxylic acids is 1. The molecular weight excluding hydrogens is 471 g/mol. The summed E-state index contributed by atoms with van der Waals surface area (Å²) < 4.78 is 74.0. The van der Waals surface area contributed by atoms with Crippen molar-refractivity contribution >= 4 is 16.1 Å². The maximum Gasteiger partial charge on any atom is 0.313 e. The lowest BCUT2D eigenvalue weighted by molar-refractivity contribution is 0.0671. The van der Waals surface area contributed by atoms with Gasteiger partial charge in [0.15, 0.2) is 0 Å². The first-order chi connectivity index (χ1) is 15.2. The van der Waals surface area contributed by atoms with E-state index in [-0.39, 0.29) is 37.0 Å². The van der Waals surface area contributed by atoms with E-state index in [1.54, 1.807) is 17.7 Å². The predicted molar refractivity (Wildman–Crippen MR) is 112 cm³/mol. The molecule has 2 aromatic heterocycles. The maximum absolute atomic E-state index is 13.2. The van der Waals surface area contributed by atoms with Crippen LogP contribution in [0.3, 0.4) is 0 Å². The highest BCUT2D eigenvalue weighted by Gasteiger charge is 2.67. The van der Waals surface area contributed by atoms with Crippen LogP contribution in [-0.2, 0) is 6.54 Å². The Bertz CT molecular complexity index is 1300. The van der Waals surface area contributed by atoms with E-state index >= 15 is 0 Å². The number of fused-ring (bicyclic) bond motifs is 1. The van der Waals surface area contributed by atoms with Gasteiger partial charge in [0.1, 0.15) is 28.6 Å². The molecule has 0 spiro atoms. The molecule has 0 aliphatic carbocycles. The van der Waals surface area contributed by atoms with Gasteiger partial charge in [0.2, 0.25) is 0 Å². The minimum Gasteiger partial charge on any atom is -0.490 e. The number of hydrogen-bond donors (Lipinski definition) is 0. The third-order valence-corrected chi connectivity index (χ3v) is 6.30. The fourth-order valence-electron chi connectivity index (χ4n) is 3.58. The number of para-hydroxylation sites is 1. The average Bonchev–Trinajstić information content (AvgIpc) is 3.15. The van der Waals surface area contributed by atoms with Crippen LogP contribution in [0.1, 0.15) is 16.2 Å². The van der Waals surface area contributed by atoms with Gasteiger partial charge in [-0.1, -0.05) is 31.6 Å². The van der Waals surface area contributed by atoms with Crippen LogP contribution in [0.15, 0.2) is 58.6 Å². The Kier molecular flexibility index (Phi) is 4.89. The number of rotatable bonds is 6.